The van der Waals surface area contributed by atoms with Gasteiger partial charge in [0.25, 0.3) is 0 Å². The minimum atomic E-state index is -0.448. The zero-order valence-electron chi connectivity index (χ0n) is 23.9. The Morgan fingerprint density at radius 1 is 0.743 bits per heavy atom. The summed E-state index contributed by atoms with van der Waals surface area (Å²) in [6.07, 6.45) is 13.9. The average Bonchev–Trinajstić information content (AvgIpc) is 2.75. The van der Waals surface area contributed by atoms with Gasteiger partial charge in [-0.3, -0.25) is 0 Å². The molecule has 0 amide bonds. The van der Waals surface area contributed by atoms with Crippen LogP contribution in [0.2, 0.25) is 0 Å². The topological polar surface area (TPSA) is 38.7 Å². The molecule has 0 aromatic carbocycles. The summed E-state index contributed by atoms with van der Waals surface area (Å²) in [5.41, 5.74) is 2.89. The smallest absolute Gasteiger partial charge is 0.163 e. The second-order valence-corrected chi connectivity index (χ2v) is 16.2. The minimum absolute atomic E-state index is 0.0667. The maximum atomic E-state index is 11.3. The van der Waals surface area contributed by atoms with Crippen LogP contribution in [0.15, 0.2) is 11.6 Å². The van der Waals surface area contributed by atoms with Crippen molar-refractivity contribution in [2.24, 2.45) is 50.7 Å². The van der Waals surface area contributed by atoms with E-state index in [0.717, 1.165) is 18.9 Å². The van der Waals surface area contributed by atoms with Crippen molar-refractivity contribution in [3.05, 3.63) is 11.6 Å². The maximum absolute atomic E-state index is 11.3. The van der Waals surface area contributed by atoms with Gasteiger partial charge < -0.3 is 14.6 Å². The van der Waals surface area contributed by atoms with Crippen molar-refractivity contribution in [2.45, 2.75) is 131 Å². The van der Waals surface area contributed by atoms with Crippen LogP contribution in [0.3, 0.4) is 0 Å². The van der Waals surface area contributed by atoms with E-state index in [1.165, 1.54) is 51.4 Å². The zero-order chi connectivity index (χ0) is 25.2. The highest BCUT2D eigenvalue weighted by molar-refractivity contribution is 5.29. The summed E-state index contributed by atoms with van der Waals surface area (Å²) in [4.78, 5) is 0. The molecule has 4 saturated carbocycles. The summed E-state index contributed by atoms with van der Waals surface area (Å²) in [5.74, 6) is 2.21. The van der Waals surface area contributed by atoms with Gasteiger partial charge in [0, 0.05) is 10.8 Å². The molecule has 5 aliphatic carbocycles. The lowest BCUT2D eigenvalue weighted by atomic mass is 9.37. The van der Waals surface area contributed by atoms with Crippen molar-refractivity contribution in [1.82, 2.24) is 0 Å². The fourth-order valence-electron chi connectivity index (χ4n) is 11.2. The summed E-state index contributed by atoms with van der Waals surface area (Å²) in [6.45, 7) is 20.0. The standard InChI is InChI=1S/C32H52O3/c1-27(2)17-22-20-9-10-23-29(5,21(20)11-14-30(22,6)25(33)18-27)15-12-24-31(23,7)16-13-26-32(24,8)19-34-28(3,4)35-26/h9,21-26,33H,10-19H2,1-8H3. The first-order valence-corrected chi connectivity index (χ1v) is 14.8. The van der Waals surface area contributed by atoms with Crippen LogP contribution in [0.4, 0.5) is 0 Å². The van der Waals surface area contributed by atoms with E-state index in [9.17, 15) is 5.11 Å². The van der Waals surface area contributed by atoms with E-state index >= 15 is 0 Å². The molecule has 0 aromatic heterocycles. The molecule has 3 heteroatoms. The molecular formula is C32H52O3. The molecule has 10 unspecified atom stereocenters. The number of rotatable bonds is 0. The number of hydrogen-bond donors (Lipinski definition) is 1. The van der Waals surface area contributed by atoms with Crippen LogP contribution in [0.5, 0.6) is 0 Å². The zero-order valence-corrected chi connectivity index (χ0v) is 23.9. The molecule has 1 N–H and O–H groups in total. The Balaban J connectivity index is 1.35. The van der Waals surface area contributed by atoms with Gasteiger partial charge in [0.1, 0.15) is 0 Å². The Hall–Kier alpha value is -0.380. The third-order valence-corrected chi connectivity index (χ3v) is 13.2. The van der Waals surface area contributed by atoms with E-state index in [2.05, 4.69) is 61.5 Å². The van der Waals surface area contributed by atoms with Crippen LogP contribution in [0.1, 0.15) is 113 Å². The number of allylic oxidation sites excluding steroid dienone is 2. The molecule has 0 spiro atoms. The van der Waals surface area contributed by atoms with Crippen LogP contribution in [0.25, 0.3) is 0 Å². The molecule has 1 aliphatic heterocycles. The molecule has 10 atom stereocenters. The van der Waals surface area contributed by atoms with Crippen LogP contribution >= 0.6 is 0 Å². The van der Waals surface area contributed by atoms with Gasteiger partial charge in [-0.15, -0.1) is 0 Å². The molecule has 3 nitrogen and oxygen atoms in total. The summed E-state index contributed by atoms with van der Waals surface area (Å²) in [6, 6.07) is 0. The van der Waals surface area contributed by atoms with Crippen molar-refractivity contribution in [1.29, 1.82) is 0 Å². The molecule has 35 heavy (non-hydrogen) atoms. The fourth-order valence-corrected chi connectivity index (χ4v) is 11.2. The highest BCUT2D eigenvalue weighted by Crippen LogP contribution is 2.72. The fraction of sp³-hybridized carbons (Fsp3) is 0.938. The van der Waals surface area contributed by atoms with Gasteiger partial charge in [0.2, 0.25) is 0 Å². The minimum Gasteiger partial charge on any atom is -0.393 e. The number of aliphatic hydroxyl groups is 1. The first kappa shape index (κ1) is 24.9. The second-order valence-electron chi connectivity index (χ2n) is 16.2. The number of fused-ring (bicyclic) bond motifs is 9. The predicted molar refractivity (Wildman–Crippen MR) is 141 cm³/mol. The summed E-state index contributed by atoms with van der Waals surface area (Å²) < 4.78 is 12.9. The Bertz CT molecular complexity index is 920. The van der Waals surface area contributed by atoms with Gasteiger partial charge >= 0.3 is 0 Å². The number of ether oxygens (including phenoxy) is 2. The van der Waals surface area contributed by atoms with E-state index in [4.69, 9.17) is 9.47 Å². The number of hydrogen-bond acceptors (Lipinski definition) is 3. The van der Waals surface area contributed by atoms with Gasteiger partial charge in [-0.1, -0.05) is 53.2 Å². The quantitative estimate of drug-likeness (QED) is 0.361. The van der Waals surface area contributed by atoms with Gasteiger partial charge in [0.05, 0.1) is 18.8 Å². The van der Waals surface area contributed by atoms with Crippen LogP contribution in [-0.2, 0) is 9.47 Å². The first-order valence-electron chi connectivity index (χ1n) is 14.8. The average molecular weight is 485 g/mol. The van der Waals surface area contributed by atoms with Gasteiger partial charge in [0.15, 0.2) is 5.79 Å². The molecule has 198 valence electrons. The third kappa shape index (κ3) is 3.32. The molecule has 0 aromatic rings. The van der Waals surface area contributed by atoms with Gasteiger partial charge in [-0.25, -0.2) is 0 Å². The monoisotopic (exact) mass is 484 g/mol. The third-order valence-electron chi connectivity index (χ3n) is 13.2. The Kier molecular flexibility index (Phi) is 5.26. The number of aliphatic hydroxyl groups excluding tert-OH is 1. The van der Waals surface area contributed by atoms with Crippen molar-refractivity contribution < 1.29 is 14.6 Å². The largest absolute Gasteiger partial charge is 0.393 e. The molecule has 0 bridgehead atoms. The van der Waals surface area contributed by atoms with Crippen LogP contribution in [-0.4, -0.2) is 29.7 Å². The van der Waals surface area contributed by atoms with Gasteiger partial charge in [-0.05, 0) is 112 Å². The first-order chi connectivity index (χ1) is 16.1. The molecule has 6 aliphatic rings. The SMILES string of the molecule is CC1(C)CC(O)C2(C)CCC3C(=CCC4C3(C)CCC3C5(C)COC(C)(C)OC5CCC34C)C2C1. The van der Waals surface area contributed by atoms with E-state index in [1.54, 1.807) is 5.57 Å². The van der Waals surface area contributed by atoms with Crippen molar-refractivity contribution in [3.8, 4) is 0 Å². The van der Waals surface area contributed by atoms with Crippen LogP contribution in [0, 0.1) is 50.7 Å². The highest BCUT2D eigenvalue weighted by Gasteiger charge is 2.67. The maximum Gasteiger partial charge on any atom is 0.163 e. The second kappa shape index (κ2) is 7.38. The van der Waals surface area contributed by atoms with E-state index in [1.807, 2.05) is 0 Å². The molecule has 6 rings (SSSR count). The molecule has 0 radical (unpaired) electrons. The predicted octanol–water partition coefficient (Wildman–Crippen LogP) is 7.52. The van der Waals surface area contributed by atoms with Crippen molar-refractivity contribution >= 4 is 0 Å². The Morgan fingerprint density at radius 3 is 2.17 bits per heavy atom. The van der Waals surface area contributed by atoms with Crippen LogP contribution < -0.4 is 0 Å². The lowest BCUT2D eigenvalue weighted by Gasteiger charge is -2.69. The Labute approximate surface area is 214 Å². The lowest BCUT2D eigenvalue weighted by Crippen LogP contribution is -2.66. The Morgan fingerprint density at radius 2 is 1.43 bits per heavy atom. The lowest BCUT2D eigenvalue weighted by molar-refractivity contribution is -0.350. The van der Waals surface area contributed by atoms with Crippen molar-refractivity contribution in [2.75, 3.05) is 6.61 Å². The summed E-state index contributed by atoms with van der Waals surface area (Å²) in [5, 5.41) is 11.3. The molecular weight excluding hydrogens is 432 g/mol. The van der Waals surface area contributed by atoms with E-state index in [-0.39, 0.29) is 22.3 Å². The highest BCUT2D eigenvalue weighted by atomic mass is 16.7. The summed E-state index contributed by atoms with van der Waals surface area (Å²) in [7, 11) is 0. The molecule has 1 saturated heterocycles. The van der Waals surface area contributed by atoms with Crippen molar-refractivity contribution in [3.63, 3.8) is 0 Å². The van der Waals surface area contributed by atoms with E-state index < -0.39 is 5.79 Å². The van der Waals surface area contributed by atoms with E-state index in [0.29, 0.717) is 34.7 Å². The summed E-state index contributed by atoms with van der Waals surface area (Å²) >= 11 is 0. The molecule has 5 fully saturated rings. The van der Waals surface area contributed by atoms with Gasteiger partial charge in [-0.2, -0.15) is 0 Å². The normalized spacial score (nSPS) is 56.4. The molecule has 1 heterocycles.